The maximum absolute atomic E-state index is 12.1. The van der Waals surface area contributed by atoms with Crippen molar-refractivity contribution in [1.29, 1.82) is 0 Å². The van der Waals surface area contributed by atoms with Crippen LogP contribution in [0.25, 0.3) is 0 Å². The normalized spacial score (nSPS) is 11.2. The number of rotatable bonds is 4. The first-order chi connectivity index (χ1) is 9.42. The van der Waals surface area contributed by atoms with E-state index in [1.807, 2.05) is 12.1 Å². The molecule has 0 amide bonds. The molecule has 0 aromatic heterocycles. The summed E-state index contributed by atoms with van der Waals surface area (Å²) >= 11 is 5.77. The van der Waals surface area contributed by atoms with Crippen LogP contribution in [0, 0.1) is 0 Å². The summed E-state index contributed by atoms with van der Waals surface area (Å²) in [6, 6.07) is 12.9. The van der Waals surface area contributed by atoms with Crippen molar-refractivity contribution in [2.75, 3.05) is 5.32 Å². The molecule has 6 heteroatoms. The molecular weight excluding hydrogens is 291 g/mol. The van der Waals surface area contributed by atoms with Gasteiger partial charge in [0.1, 0.15) is 5.75 Å². The van der Waals surface area contributed by atoms with Crippen LogP contribution in [0.15, 0.2) is 48.5 Å². The van der Waals surface area contributed by atoms with Crippen molar-refractivity contribution in [2.45, 2.75) is 12.9 Å². The van der Waals surface area contributed by atoms with Gasteiger partial charge in [0.2, 0.25) is 0 Å². The van der Waals surface area contributed by atoms with Gasteiger partial charge in [-0.1, -0.05) is 29.8 Å². The maximum atomic E-state index is 12.1. The summed E-state index contributed by atoms with van der Waals surface area (Å²) in [6.07, 6.45) is -4.69. The van der Waals surface area contributed by atoms with Crippen molar-refractivity contribution >= 4 is 17.3 Å². The van der Waals surface area contributed by atoms with Gasteiger partial charge in [0.25, 0.3) is 0 Å². The van der Waals surface area contributed by atoms with Gasteiger partial charge in [0.05, 0.1) is 0 Å². The van der Waals surface area contributed by atoms with Crippen LogP contribution in [0.5, 0.6) is 5.75 Å². The molecule has 2 aromatic rings. The summed E-state index contributed by atoms with van der Waals surface area (Å²) in [6.45, 7) is 0.479. The van der Waals surface area contributed by atoms with Crippen LogP contribution in [0.3, 0.4) is 0 Å². The van der Waals surface area contributed by atoms with E-state index in [0.717, 1.165) is 5.56 Å². The van der Waals surface area contributed by atoms with Crippen LogP contribution in [0.2, 0.25) is 5.02 Å². The molecule has 106 valence electrons. The van der Waals surface area contributed by atoms with Gasteiger partial charge >= 0.3 is 6.36 Å². The lowest BCUT2D eigenvalue weighted by molar-refractivity contribution is -0.274. The average Bonchev–Trinajstić information content (AvgIpc) is 2.36. The standard InChI is InChI=1S/C14H11ClF3NO/c15-11-6-4-10(5-7-11)9-19-12-2-1-3-13(8-12)20-14(16,17)18/h1-8,19H,9H2. The molecule has 0 saturated carbocycles. The van der Waals surface area contributed by atoms with E-state index in [1.54, 1.807) is 18.2 Å². The fourth-order valence-electron chi connectivity index (χ4n) is 1.61. The Morgan fingerprint density at radius 3 is 2.40 bits per heavy atom. The number of hydrogen-bond donors (Lipinski definition) is 1. The molecule has 0 spiro atoms. The van der Waals surface area contributed by atoms with Crippen molar-refractivity contribution in [3.05, 3.63) is 59.1 Å². The fraction of sp³-hybridized carbons (Fsp3) is 0.143. The summed E-state index contributed by atoms with van der Waals surface area (Å²) in [5, 5.41) is 3.65. The van der Waals surface area contributed by atoms with Gasteiger partial charge in [-0.25, -0.2) is 0 Å². The Hall–Kier alpha value is -1.88. The van der Waals surface area contributed by atoms with Gasteiger partial charge in [0.15, 0.2) is 0 Å². The molecule has 0 aliphatic carbocycles. The van der Waals surface area contributed by atoms with Crippen molar-refractivity contribution in [2.24, 2.45) is 0 Å². The average molecular weight is 302 g/mol. The predicted molar refractivity (Wildman–Crippen MR) is 71.9 cm³/mol. The summed E-state index contributed by atoms with van der Waals surface area (Å²) in [7, 11) is 0. The van der Waals surface area contributed by atoms with Crippen LogP contribution in [0.4, 0.5) is 18.9 Å². The molecule has 0 bridgehead atoms. The third-order valence-electron chi connectivity index (χ3n) is 2.48. The van der Waals surface area contributed by atoms with E-state index in [0.29, 0.717) is 17.3 Å². The first kappa shape index (κ1) is 14.5. The van der Waals surface area contributed by atoms with Crippen LogP contribution < -0.4 is 10.1 Å². The lowest BCUT2D eigenvalue weighted by Crippen LogP contribution is -2.17. The molecule has 2 aromatic carbocycles. The van der Waals surface area contributed by atoms with Gasteiger partial charge in [0, 0.05) is 23.3 Å². The number of benzene rings is 2. The zero-order valence-electron chi connectivity index (χ0n) is 10.2. The Morgan fingerprint density at radius 2 is 1.75 bits per heavy atom. The minimum atomic E-state index is -4.69. The maximum Gasteiger partial charge on any atom is 0.573 e. The highest BCUT2D eigenvalue weighted by atomic mass is 35.5. The Kier molecular flexibility index (Phi) is 4.39. The zero-order chi connectivity index (χ0) is 14.6. The number of nitrogens with one attached hydrogen (secondary N) is 1. The Morgan fingerprint density at radius 1 is 1.05 bits per heavy atom. The van der Waals surface area contributed by atoms with Crippen LogP contribution >= 0.6 is 11.6 Å². The topological polar surface area (TPSA) is 21.3 Å². The quantitative estimate of drug-likeness (QED) is 0.871. The molecule has 20 heavy (non-hydrogen) atoms. The molecule has 2 nitrogen and oxygen atoms in total. The molecule has 0 aliphatic rings. The molecule has 0 unspecified atom stereocenters. The molecule has 1 N–H and O–H groups in total. The summed E-state index contributed by atoms with van der Waals surface area (Å²) in [5.74, 6) is -0.251. The van der Waals surface area contributed by atoms with Crippen LogP contribution in [-0.4, -0.2) is 6.36 Å². The van der Waals surface area contributed by atoms with Gasteiger partial charge in [-0.15, -0.1) is 13.2 Å². The second-order valence-corrected chi connectivity index (χ2v) is 4.49. The highest BCUT2D eigenvalue weighted by Crippen LogP contribution is 2.25. The van der Waals surface area contributed by atoms with E-state index in [2.05, 4.69) is 10.1 Å². The molecule has 0 radical (unpaired) electrons. The van der Waals surface area contributed by atoms with Crippen LogP contribution in [-0.2, 0) is 6.54 Å². The lowest BCUT2D eigenvalue weighted by Gasteiger charge is -2.11. The third kappa shape index (κ3) is 4.66. The second-order valence-electron chi connectivity index (χ2n) is 4.06. The minimum absolute atomic E-state index is 0.251. The number of alkyl halides is 3. The molecule has 0 fully saturated rings. The highest BCUT2D eigenvalue weighted by Gasteiger charge is 2.31. The first-order valence-electron chi connectivity index (χ1n) is 5.76. The number of ether oxygens (including phenoxy) is 1. The van der Waals surface area contributed by atoms with Gasteiger partial charge in [-0.05, 0) is 29.8 Å². The molecule has 2 rings (SSSR count). The Balaban J connectivity index is 1.99. The minimum Gasteiger partial charge on any atom is -0.406 e. The first-order valence-corrected chi connectivity index (χ1v) is 6.14. The highest BCUT2D eigenvalue weighted by molar-refractivity contribution is 6.30. The smallest absolute Gasteiger partial charge is 0.406 e. The third-order valence-corrected chi connectivity index (χ3v) is 2.73. The number of hydrogen-bond acceptors (Lipinski definition) is 2. The molecule has 0 atom stereocenters. The lowest BCUT2D eigenvalue weighted by atomic mass is 10.2. The van der Waals surface area contributed by atoms with E-state index in [1.165, 1.54) is 18.2 Å². The van der Waals surface area contributed by atoms with Crippen molar-refractivity contribution in [1.82, 2.24) is 0 Å². The number of anilines is 1. The summed E-state index contributed by atoms with van der Waals surface area (Å²) < 4.78 is 40.2. The Labute approximate surface area is 119 Å². The van der Waals surface area contributed by atoms with E-state index in [4.69, 9.17) is 11.6 Å². The second kappa shape index (κ2) is 6.05. The van der Waals surface area contributed by atoms with E-state index < -0.39 is 6.36 Å². The van der Waals surface area contributed by atoms with Gasteiger partial charge in [-0.3, -0.25) is 0 Å². The zero-order valence-corrected chi connectivity index (χ0v) is 11.0. The van der Waals surface area contributed by atoms with Crippen molar-refractivity contribution < 1.29 is 17.9 Å². The molecule has 0 saturated heterocycles. The van der Waals surface area contributed by atoms with Crippen molar-refractivity contribution in [3.8, 4) is 5.75 Å². The number of halogens is 4. The molecule has 0 heterocycles. The molecule has 0 aliphatic heterocycles. The summed E-state index contributed by atoms with van der Waals surface area (Å²) in [4.78, 5) is 0. The SMILES string of the molecule is FC(F)(F)Oc1cccc(NCc2ccc(Cl)cc2)c1. The van der Waals surface area contributed by atoms with Crippen molar-refractivity contribution in [3.63, 3.8) is 0 Å². The summed E-state index contributed by atoms with van der Waals surface area (Å²) in [5.41, 5.74) is 1.51. The van der Waals surface area contributed by atoms with Crippen LogP contribution in [0.1, 0.15) is 5.56 Å². The predicted octanol–water partition coefficient (Wildman–Crippen LogP) is 4.85. The van der Waals surface area contributed by atoms with E-state index in [-0.39, 0.29) is 5.75 Å². The fourth-order valence-corrected chi connectivity index (χ4v) is 1.74. The van der Waals surface area contributed by atoms with E-state index >= 15 is 0 Å². The van der Waals surface area contributed by atoms with Gasteiger partial charge < -0.3 is 10.1 Å². The van der Waals surface area contributed by atoms with E-state index in [9.17, 15) is 13.2 Å². The van der Waals surface area contributed by atoms with Gasteiger partial charge in [-0.2, -0.15) is 0 Å². The Bertz CT molecular complexity index is 569. The monoisotopic (exact) mass is 301 g/mol. The largest absolute Gasteiger partial charge is 0.573 e. The molecular formula is C14H11ClF3NO.